The smallest absolute Gasteiger partial charge is 0.0381 e. The van der Waals surface area contributed by atoms with E-state index in [1.54, 1.807) is 0 Å². The summed E-state index contributed by atoms with van der Waals surface area (Å²) >= 11 is 0. The van der Waals surface area contributed by atoms with Crippen LogP contribution in [0.5, 0.6) is 0 Å². The molecular weight excluding hydrogens is 172 g/mol. The lowest BCUT2D eigenvalue weighted by atomic mass is 10.2. The van der Waals surface area contributed by atoms with Crippen LogP contribution in [-0.4, -0.2) is 21.1 Å². The maximum Gasteiger partial charge on any atom is 0.0381 e. The van der Waals surface area contributed by atoms with Gasteiger partial charge in [-0.25, -0.2) is 0 Å². The minimum Gasteiger partial charge on any atom is -0.388 e. The van der Waals surface area contributed by atoms with Crippen LogP contribution in [0.25, 0.3) is 0 Å². The van der Waals surface area contributed by atoms with Gasteiger partial charge in [0, 0.05) is 32.5 Å². The van der Waals surface area contributed by atoms with Gasteiger partial charge in [0.05, 0.1) is 0 Å². The van der Waals surface area contributed by atoms with E-state index in [1.165, 1.54) is 5.69 Å². The summed E-state index contributed by atoms with van der Waals surface area (Å²) in [5.41, 5.74) is 2.37. The lowest BCUT2D eigenvalue weighted by molar-refractivity contribution is 1.13. The van der Waals surface area contributed by atoms with Crippen molar-refractivity contribution in [1.82, 2.24) is 0 Å². The molecule has 1 N–H and O–H groups in total. The van der Waals surface area contributed by atoms with Crippen LogP contribution in [0.1, 0.15) is 0 Å². The first-order valence-corrected chi connectivity index (χ1v) is 3.69. The highest BCUT2D eigenvalue weighted by atomic mass is 35.5. The van der Waals surface area contributed by atoms with E-state index < -0.39 is 0 Å². The minimum absolute atomic E-state index is 0. The molecule has 0 fully saturated rings. The second-order valence-electron chi connectivity index (χ2n) is 2.69. The number of nitrogens with zero attached hydrogens (tertiary/aromatic N) is 1. The molecule has 1 aromatic rings. The molecule has 0 atom stereocenters. The number of benzene rings is 1. The molecular formula is C9H15ClN2. The molecule has 0 amide bonds. The number of hydrogen-bond donors (Lipinski definition) is 1. The van der Waals surface area contributed by atoms with Crippen molar-refractivity contribution >= 4 is 23.8 Å². The lowest BCUT2D eigenvalue weighted by Gasteiger charge is -2.13. The monoisotopic (exact) mass is 186 g/mol. The molecule has 0 heterocycles. The van der Waals surface area contributed by atoms with Crippen LogP contribution in [-0.2, 0) is 0 Å². The molecule has 1 rings (SSSR count). The number of nitrogens with one attached hydrogen (secondary N) is 1. The molecule has 0 saturated carbocycles. The summed E-state index contributed by atoms with van der Waals surface area (Å²) in [6, 6.07) is 8.29. The topological polar surface area (TPSA) is 15.3 Å². The zero-order chi connectivity index (χ0) is 8.27. The molecule has 12 heavy (non-hydrogen) atoms. The number of halogens is 1. The summed E-state index contributed by atoms with van der Waals surface area (Å²) in [7, 11) is 6.00. The fourth-order valence-electron chi connectivity index (χ4n) is 0.940. The van der Waals surface area contributed by atoms with Gasteiger partial charge in [-0.05, 0) is 18.2 Å². The Hall–Kier alpha value is -0.890. The number of hydrogen-bond acceptors (Lipinski definition) is 2. The third-order valence-electron chi connectivity index (χ3n) is 1.65. The van der Waals surface area contributed by atoms with Crippen molar-refractivity contribution in [2.45, 2.75) is 0 Å². The highest BCUT2D eigenvalue weighted by Gasteiger charge is 1.93. The van der Waals surface area contributed by atoms with Gasteiger partial charge in [-0.2, -0.15) is 0 Å². The number of rotatable bonds is 2. The zero-order valence-corrected chi connectivity index (χ0v) is 8.48. The summed E-state index contributed by atoms with van der Waals surface area (Å²) in [5.74, 6) is 0. The quantitative estimate of drug-likeness (QED) is 0.762. The predicted molar refractivity (Wildman–Crippen MR) is 57.6 cm³/mol. The van der Waals surface area contributed by atoms with Crippen molar-refractivity contribution < 1.29 is 0 Å². The molecule has 0 radical (unpaired) electrons. The Labute approximate surface area is 80.0 Å². The summed E-state index contributed by atoms with van der Waals surface area (Å²) in [4.78, 5) is 2.08. The predicted octanol–water partition coefficient (Wildman–Crippen LogP) is 2.22. The van der Waals surface area contributed by atoms with E-state index in [0.717, 1.165) is 5.69 Å². The van der Waals surface area contributed by atoms with Gasteiger partial charge in [-0.3, -0.25) is 0 Å². The van der Waals surface area contributed by atoms with Crippen LogP contribution in [0.2, 0.25) is 0 Å². The zero-order valence-electron chi connectivity index (χ0n) is 7.66. The molecule has 0 saturated heterocycles. The summed E-state index contributed by atoms with van der Waals surface area (Å²) in [6.45, 7) is 0. The SMILES string of the molecule is CNc1cccc(N(C)C)c1.Cl. The van der Waals surface area contributed by atoms with Crippen molar-refractivity contribution in [1.29, 1.82) is 0 Å². The third kappa shape index (κ3) is 2.62. The molecule has 0 bridgehead atoms. The molecule has 0 spiro atoms. The summed E-state index contributed by atoms with van der Waals surface area (Å²) in [5, 5.41) is 3.10. The van der Waals surface area contributed by atoms with Gasteiger partial charge in [-0.15, -0.1) is 12.4 Å². The largest absolute Gasteiger partial charge is 0.388 e. The Morgan fingerprint density at radius 3 is 2.42 bits per heavy atom. The molecule has 2 nitrogen and oxygen atoms in total. The normalized spacial score (nSPS) is 8.58. The van der Waals surface area contributed by atoms with Crippen LogP contribution in [0.15, 0.2) is 24.3 Å². The highest BCUT2D eigenvalue weighted by molar-refractivity contribution is 5.85. The molecule has 3 heteroatoms. The van der Waals surface area contributed by atoms with E-state index in [-0.39, 0.29) is 12.4 Å². The Morgan fingerprint density at radius 2 is 1.92 bits per heavy atom. The van der Waals surface area contributed by atoms with Gasteiger partial charge < -0.3 is 10.2 Å². The fourth-order valence-corrected chi connectivity index (χ4v) is 0.940. The standard InChI is InChI=1S/C9H14N2.ClH/c1-10-8-5-4-6-9(7-8)11(2)3;/h4-7,10H,1-3H3;1H. The Balaban J connectivity index is 0.00000121. The van der Waals surface area contributed by atoms with Gasteiger partial charge in [0.2, 0.25) is 0 Å². The molecule has 0 aliphatic carbocycles. The van der Waals surface area contributed by atoms with Crippen LogP contribution >= 0.6 is 12.4 Å². The average molecular weight is 187 g/mol. The lowest BCUT2D eigenvalue weighted by Crippen LogP contribution is -2.08. The van der Waals surface area contributed by atoms with Crippen molar-refractivity contribution in [3.63, 3.8) is 0 Å². The van der Waals surface area contributed by atoms with E-state index in [1.807, 2.05) is 33.3 Å². The van der Waals surface area contributed by atoms with Crippen LogP contribution in [0, 0.1) is 0 Å². The first-order chi connectivity index (χ1) is 5.24. The minimum atomic E-state index is 0. The van der Waals surface area contributed by atoms with Crippen LogP contribution in [0.4, 0.5) is 11.4 Å². The first kappa shape index (κ1) is 11.1. The van der Waals surface area contributed by atoms with E-state index in [4.69, 9.17) is 0 Å². The van der Waals surface area contributed by atoms with Crippen LogP contribution < -0.4 is 10.2 Å². The van der Waals surface area contributed by atoms with Gasteiger partial charge in [0.15, 0.2) is 0 Å². The van der Waals surface area contributed by atoms with Gasteiger partial charge in [-0.1, -0.05) is 6.07 Å². The van der Waals surface area contributed by atoms with Gasteiger partial charge in [0.25, 0.3) is 0 Å². The Bertz CT molecular complexity index is 236. The second-order valence-corrected chi connectivity index (χ2v) is 2.69. The summed E-state index contributed by atoms with van der Waals surface area (Å²) < 4.78 is 0. The van der Waals surface area contributed by atoms with E-state index in [9.17, 15) is 0 Å². The van der Waals surface area contributed by atoms with E-state index in [0.29, 0.717) is 0 Å². The number of anilines is 2. The van der Waals surface area contributed by atoms with E-state index in [2.05, 4.69) is 22.3 Å². The maximum absolute atomic E-state index is 3.10. The molecule has 0 aliphatic rings. The average Bonchev–Trinajstić information content (AvgIpc) is 2.05. The molecule has 68 valence electrons. The third-order valence-corrected chi connectivity index (χ3v) is 1.65. The van der Waals surface area contributed by atoms with Gasteiger partial charge in [0.1, 0.15) is 0 Å². The van der Waals surface area contributed by atoms with Gasteiger partial charge >= 0.3 is 0 Å². The Kier molecular flexibility index (Phi) is 4.52. The van der Waals surface area contributed by atoms with Crippen molar-refractivity contribution in [2.75, 3.05) is 31.4 Å². The summed E-state index contributed by atoms with van der Waals surface area (Å²) in [6.07, 6.45) is 0. The fraction of sp³-hybridized carbons (Fsp3) is 0.333. The maximum atomic E-state index is 3.10. The molecule has 1 aromatic carbocycles. The molecule has 0 aromatic heterocycles. The van der Waals surface area contributed by atoms with Crippen LogP contribution in [0.3, 0.4) is 0 Å². The second kappa shape index (κ2) is 4.88. The van der Waals surface area contributed by atoms with Crippen molar-refractivity contribution in [3.05, 3.63) is 24.3 Å². The van der Waals surface area contributed by atoms with Crippen molar-refractivity contribution in [3.8, 4) is 0 Å². The van der Waals surface area contributed by atoms with E-state index >= 15 is 0 Å². The van der Waals surface area contributed by atoms with Crippen molar-refractivity contribution in [2.24, 2.45) is 0 Å². The Morgan fingerprint density at radius 1 is 1.25 bits per heavy atom. The molecule has 0 unspecified atom stereocenters. The first-order valence-electron chi connectivity index (χ1n) is 3.69. The highest BCUT2D eigenvalue weighted by Crippen LogP contribution is 2.16. The molecule has 0 aliphatic heterocycles.